The zero-order chi connectivity index (χ0) is 21.8. The van der Waals surface area contributed by atoms with Gasteiger partial charge in [-0.05, 0) is 45.8 Å². The highest BCUT2D eigenvalue weighted by molar-refractivity contribution is 9.11. The van der Waals surface area contributed by atoms with Crippen molar-refractivity contribution in [2.45, 2.75) is 0 Å². The average molecular weight is 542 g/mol. The summed E-state index contributed by atoms with van der Waals surface area (Å²) in [5.41, 5.74) is 2.87. The van der Waals surface area contributed by atoms with Crippen molar-refractivity contribution in [1.82, 2.24) is 9.66 Å². The number of phenols is 1. The van der Waals surface area contributed by atoms with E-state index in [1.807, 2.05) is 30.3 Å². The Morgan fingerprint density at radius 1 is 0.968 bits per heavy atom. The van der Waals surface area contributed by atoms with Crippen molar-refractivity contribution < 1.29 is 9.50 Å². The van der Waals surface area contributed by atoms with Crippen LogP contribution in [0.15, 0.2) is 92.0 Å². The van der Waals surface area contributed by atoms with Crippen LogP contribution in [0.5, 0.6) is 5.75 Å². The molecule has 154 valence electrons. The standard InChI is InChI=1S/C23H15Br2FN4O/c24-18-10-17(22(31)20(25)11-18)13-27-23-29-21(16-4-2-1-3-5-16)14-30(23)28-12-15-6-8-19(26)9-7-15/h1-14,31H/b27-13+,28-12-. The fourth-order valence-electron chi connectivity index (χ4n) is 2.77. The predicted octanol–water partition coefficient (Wildman–Crippen LogP) is 6.55. The maximum Gasteiger partial charge on any atom is 0.251 e. The molecule has 0 bridgehead atoms. The first-order valence-corrected chi connectivity index (χ1v) is 10.7. The van der Waals surface area contributed by atoms with Crippen molar-refractivity contribution >= 4 is 50.2 Å². The molecule has 0 atom stereocenters. The Bertz CT molecular complexity index is 1270. The normalized spacial score (nSPS) is 11.6. The van der Waals surface area contributed by atoms with E-state index in [1.54, 1.807) is 36.7 Å². The average Bonchev–Trinajstić information content (AvgIpc) is 3.18. The van der Waals surface area contributed by atoms with Crippen molar-refractivity contribution in [2.24, 2.45) is 10.1 Å². The maximum atomic E-state index is 13.2. The molecule has 0 saturated heterocycles. The second kappa shape index (κ2) is 9.36. The van der Waals surface area contributed by atoms with Crippen molar-refractivity contribution in [2.75, 3.05) is 0 Å². The van der Waals surface area contributed by atoms with Gasteiger partial charge < -0.3 is 5.11 Å². The topological polar surface area (TPSA) is 62.8 Å². The molecule has 0 fully saturated rings. The summed E-state index contributed by atoms with van der Waals surface area (Å²) in [5.74, 6) is 0.0901. The summed E-state index contributed by atoms with van der Waals surface area (Å²) in [7, 11) is 0. The molecule has 4 rings (SSSR count). The van der Waals surface area contributed by atoms with Crippen LogP contribution in [0.25, 0.3) is 11.3 Å². The first-order chi connectivity index (χ1) is 15.0. The highest BCUT2D eigenvalue weighted by atomic mass is 79.9. The summed E-state index contributed by atoms with van der Waals surface area (Å²) in [6.07, 6.45) is 4.88. The van der Waals surface area contributed by atoms with Gasteiger partial charge in [0.05, 0.1) is 22.6 Å². The van der Waals surface area contributed by atoms with Gasteiger partial charge in [-0.25, -0.2) is 19.0 Å². The number of aromatic nitrogens is 2. The molecular weight excluding hydrogens is 527 g/mol. The summed E-state index contributed by atoms with van der Waals surface area (Å²) in [6, 6.07) is 19.2. The molecule has 0 aliphatic carbocycles. The van der Waals surface area contributed by atoms with E-state index in [9.17, 15) is 9.50 Å². The van der Waals surface area contributed by atoms with Gasteiger partial charge in [0.15, 0.2) is 0 Å². The molecule has 8 heteroatoms. The van der Waals surface area contributed by atoms with Gasteiger partial charge in [0.25, 0.3) is 5.95 Å². The molecule has 0 spiro atoms. The van der Waals surface area contributed by atoms with E-state index in [4.69, 9.17) is 0 Å². The lowest BCUT2D eigenvalue weighted by molar-refractivity contribution is 0.471. The molecule has 1 heterocycles. The number of rotatable bonds is 5. The number of hydrogen-bond donors (Lipinski definition) is 1. The number of benzene rings is 3. The summed E-state index contributed by atoms with van der Waals surface area (Å²) in [6.45, 7) is 0. The van der Waals surface area contributed by atoms with E-state index in [0.717, 1.165) is 15.6 Å². The lowest BCUT2D eigenvalue weighted by atomic mass is 10.2. The molecule has 0 amide bonds. The number of aliphatic imine (C=N–C) groups is 1. The second-order valence-corrected chi connectivity index (χ2v) is 8.29. The van der Waals surface area contributed by atoms with Crippen molar-refractivity contribution in [3.8, 4) is 17.0 Å². The molecule has 0 radical (unpaired) electrons. The lowest BCUT2D eigenvalue weighted by Gasteiger charge is -2.02. The van der Waals surface area contributed by atoms with Crippen LogP contribution in [0.3, 0.4) is 0 Å². The Morgan fingerprint density at radius 3 is 2.45 bits per heavy atom. The van der Waals surface area contributed by atoms with Crippen LogP contribution in [0.1, 0.15) is 11.1 Å². The van der Waals surface area contributed by atoms with Crippen LogP contribution >= 0.6 is 31.9 Å². The van der Waals surface area contributed by atoms with Crippen molar-refractivity contribution in [3.63, 3.8) is 0 Å². The fourth-order valence-corrected chi connectivity index (χ4v) is 4.03. The van der Waals surface area contributed by atoms with Crippen LogP contribution in [-0.2, 0) is 0 Å². The van der Waals surface area contributed by atoms with Gasteiger partial charge in [0.1, 0.15) is 11.6 Å². The Balaban J connectivity index is 1.73. The van der Waals surface area contributed by atoms with Crippen LogP contribution in [0, 0.1) is 5.82 Å². The molecular formula is C23H15Br2FN4O. The molecule has 5 nitrogen and oxygen atoms in total. The predicted molar refractivity (Wildman–Crippen MR) is 128 cm³/mol. The van der Waals surface area contributed by atoms with Crippen LogP contribution in [0.4, 0.5) is 10.3 Å². The number of phenolic OH excluding ortho intramolecular Hbond substituents is 1. The fraction of sp³-hybridized carbons (Fsp3) is 0. The number of aromatic hydroxyl groups is 1. The molecule has 1 N–H and O–H groups in total. The van der Waals surface area contributed by atoms with E-state index in [1.165, 1.54) is 23.0 Å². The highest BCUT2D eigenvalue weighted by Gasteiger charge is 2.10. The zero-order valence-electron chi connectivity index (χ0n) is 16.0. The molecule has 0 aliphatic rings. The minimum absolute atomic E-state index is 0.0724. The van der Waals surface area contributed by atoms with E-state index in [0.29, 0.717) is 21.7 Å². The molecule has 1 aromatic heterocycles. The van der Waals surface area contributed by atoms with E-state index < -0.39 is 0 Å². The molecule has 31 heavy (non-hydrogen) atoms. The third kappa shape index (κ3) is 5.15. The second-order valence-electron chi connectivity index (χ2n) is 6.52. The van der Waals surface area contributed by atoms with Gasteiger partial charge in [0.2, 0.25) is 0 Å². The van der Waals surface area contributed by atoms with Crippen molar-refractivity contribution in [1.29, 1.82) is 0 Å². The Kier molecular flexibility index (Phi) is 6.39. The smallest absolute Gasteiger partial charge is 0.251 e. The third-order valence-corrected chi connectivity index (χ3v) is 5.38. The van der Waals surface area contributed by atoms with E-state index in [2.05, 4.69) is 46.9 Å². The number of imidazole rings is 1. The SMILES string of the molecule is Oc1c(Br)cc(Br)cc1/C=N/c1nc(-c2ccccc2)cn1/N=C\c1ccc(F)cc1. The Labute approximate surface area is 194 Å². The summed E-state index contributed by atoms with van der Waals surface area (Å²) in [5, 5.41) is 14.7. The van der Waals surface area contributed by atoms with E-state index in [-0.39, 0.29) is 11.6 Å². The van der Waals surface area contributed by atoms with Crippen LogP contribution in [0.2, 0.25) is 0 Å². The van der Waals surface area contributed by atoms with Gasteiger partial charge in [0, 0.05) is 21.8 Å². The zero-order valence-corrected chi connectivity index (χ0v) is 19.1. The largest absolute Gasteiger partial charge is 0.506 e. The number of hydrogen-bond acceptors (Lipinski definition) is 4. The van der Waals surface area contributed by atoms with Gasteiger partial charge in [-0.15, -0.1) is 0 Å². The first-order valence-electron chi connectivity index (χ1n) is 9.16. The Morgan fingerprint density at radius 2 is 1.71 bits per heavy atom. The molecule has 4 aromatic rings. The molecule has 0 unspecified atom stereocenters. The monoisotopic (exact) mass is 540 g/mol. The van der Waals surface area contributed by atoms with Gasteiger partial charge in [-0.3, -0.25) is 0 Å². The van der Waals surface area contributed by atoms with Crippen LogP contribution in [-0.4, -0.2) is 27.2 Å². The number of nitrogens with zero attached hydrogens (tertiary/aromatic N) is 4. The third-order valence-electron chi connectivity index (χ3n) is 4.32. The minimum atomic E-state index is -0.309. The molecule has 3 aromatic carbocycles. The summed E-state index contributed by atoms with van der Waals surface area (Å²) in [4.78, 5) is 9.03. The van der Waals surface area contributed by atoms with Crippen LogP contribution < -0.4 is 0 Å². The van der Waals surface area contributed by atoms with E-state index >= 15 is 0 Å². The molecule has 0 saturated carbocycles. The molecule has 0 aliphatic heterocycles. The summed E-state index contributed by atoms with van der Waals surface area (Å²) >= 11 is 6.72. The number of halogens is 3. The lowest BCUT2D eigenvalue weighted by Crippen LogP contribution is -1.90. The van der Waals surface area contributed by atoms with Gasteiger partial charge in [-0.2, -0.15) is 5.10 Å². The minimum Gasteiger partial charge on any atom is -0.506 e. The Hall–Kier alpha value is -3.10. The summed E-state index contributed by atoms with van der Waals surface area (Å²) < 4.78 is 16.0. The van der Waals surface area contributed by atoms with Gasteiger partial charge >= 0.3 is 0 Å². The maximum absolute atomic E-state index is 13.2. The van der Waals surface area contributed by atoms with Gasteiger partial charge in [-0.1, -0.05) is 58.4 Å². The van der Waals surface area contributed by atoms with Crippen molar-refractivity contribution in [3.05, 3.63) is 98.8 Å². The quantitative estimate of drug-likeness (QED) is 0.291. The first kappa shape index (κ1) is 21.1. The highest BCUT2D eigenvalue weighted by Crippen LogP contribution is 2.31.